The van der Waals surface area contributed by atoms with E-state index in [4.69, 9.17) is 9.84 Å². The van der Waals surface area contributed by atoms with Gasteiger partial charge in [0.25, 0.3) is 0 Å². The number of hydrogen-bond donors (Lipinski definition) is 2. The number of ether oxygens (including phenoxy) is 1. The molecule has 6 heteroatoms. The van der Waals surface area contributed by atoms with Crippen LogP contribution in [0.1, 0.15) is 13.8 Å². The minimum Gasteiger partial charge on any atom is -0.482 e. The number of anilines is 1. The fourth-order valence-electron chi connectivity index (χ4n) is 1.67. The molecule has 0 aliphatic carbocycles. The van der Waals surface area contributed by atoms with Gasteiger partial charge < -0.3 is 20.1 Å². The molecule has 0 unspecified atom stereocenters. The predicted octanol–water partition coefficient (Wildman–Crippen LogP) is 2.58. The van der Waals surface area contributed by atoms with E-state index in [2.05, 4.69) is 11.9 Å². The van der Waals surface area contributed by atoms with Gasteiger partial charge in [-0.25, -0.2) is 9.59 Å². The lowest BCUT2D eigenvalue weighted by Crippen LogP contribution is -2.40. The lowest BCUT2D eigenvalue weighted by Gasteiger charge is -2.25. The zero-order valence-electron chi connectivity index (χ0n) is 12.2. The Labute approximate surface area is 124 Å². The van der Waals surface area contributed by atoms with E-state index >= 15 is 0 Å². The highest BCUT2D eigenvalue weighted by molar-refractivity contribution is 5.89. The molecule has 1 aromatic carbocycles. The van der Waals surface area contributed by atoms with Crippen LogP contribution < -0.4 is 10.1 Å². The van der Waals surface area contributed by atoms with Crippen LogP contribution in [-0.2, 0) is 4.79 Å². The monoisotopic (exact) mass is 292 g/mol. The third kappa shape index (κ3) is 5.56. The topological polar surface area (TPSA) is 78.9 Å². The molecule has 6 nitrogen and oxygen atoms in total. The second-order valence-electron chi connectivity index (χ2n) is 4.68. The quantitative estimate of drug-likeness (QED) is 0.757. The van der Waals surface area contributed by atoms with Crippen molar-refractivity contribution >= 4 is 17.7 Å². The average molecular weight is 292 g/mol. The van der Waals surface area contributed by atoms with Gasteiger partial charge in [0.2, 0.25) is 0 Å². The van der Waals surface area contributed by atoms with Gasteiger partial charge in [-0.15, -0.1) is 6.58 Å². The van der Waals surface area contributed by atoms with Gasteiger partial charge in [-0.05, 0) is 26.0 Å². The Kier molecular flexibility index (Phi) is 6.26. The van der Waals surface area contributed by atoms with Crippen LogP contribution in [0.5, 0.6) is 5.75 Å². The summed E-state index contributed by atoms with van der Waals surface area (Å²) in [6.45, 7) is 7.47. The average Bonchev–Trinajstić information content (AvgIpc) is 2.42. The zero-order valence-corrected chi connectivity index (χ0v) is 12.2. The van der Waals surface area contributed by atoms with Crippen molar-refractivity contribution in [1.82, 2.24) is 4.90 Å². The molecule has 0 spiro atoms. The van der Waals surface area contributed by atoms with E-state index in [1.54, 1.807) is 35.2 Å². The lowest BCUT2D eigenvalue weighted by atomic mass is 10.3. The number of urea groups is 1. The molecule has 0 saturated carbocycles. The van der Waals surface area contributed by atoms with E-state index in [1.165, 1.54) is 0 Å². The van der Waals surface area contributed by atoms with Gasteiger partial charge in [0.1, 0.15) is 5.75 Å². The molecule has 114 valence electrons. The van der Waals surface area contributed by atoms with Crippen molar-refractivity contribution in [3.05, 3.63) is 36.9 Å². The Morgan fingerprint density at radius 3 is 2.76 bits per heavy atom. The molecule has 0 saturated heterocycles. The summed E-state index contributed by atoms with van der Waals surface area (Å²) < 4.78 is 5.06. The molecule has 0 atom stereocenters. The molecule has 0 heterocycles. The number of carboxylic acids is 1. The van der Waals surface area contributed by atoms with Crippen molar-refractivity contribution in [2.24, 2.45) is 0 Å². The first-order valence-corrected chi connectivity index (χ1v) is 6.57. The summed E-state index contributed by atoms with van der Waals surface area (Å²) in [7, 11) is 0. The van der Waals surface area contributed by atoms with E-state index in [1.807, 2.05) is 13.8 Å². The number of rotatable bonds is 7. The normalized spacial score (nSPS) is 10.0. The molecule has 1 aromatic rings. The Hall–Kier alpha value is -2.50. The van der Waals surface area contributed by atoms with Crippen molar-refractivity contribution in [3.8, 4) is 5.75 Å². The summed E-state index contributed by atoms with van der Waals surface area (Å²) in [6.07, 6.45) is 1.66. The molecular weight excluding hydrogens is 272 g/mol. The van der Waals surface area contributed by atoms with Gasteiger partial charge in [0.15, 0.2) is 6.61 Å². The smallest absolute Gasteiger partial charge is 0.341 e. The fraction of sp³-hybridized carbons (Fsp3) is 0.333. The Balaban J connectivity index is 2.73. The van der Waals surface area contributed by atoms with Gasteiger partial charge >= 0.3 is 12.0 Å². The van der Waals surface area contributed by atoms with E-state index < -0.39 is 12.6 Å². The third-order valence-corrected chi connectivity index (χ3v) is 2.66. The van der Waals surface area contributed by atoms with E-state index in [0.717, 1.165) is 0 Å². The van der Waals surface area contributed by atoms with Gasteiger partial charge in [-0.2, -0.15) is 0 Å². The summed E-state index contributed by atoms with van der Waals surface area (Å²) in [5, 5.41) is 11.3. The highest BCUT2D eigenvalue weighted by Crippen LogP contribution is 2.18. The highest BCUT2D eigenvalue weighted by atomic mass is 16.5. The number of nitrogens with zero attached hydrogens (tertiary/aromatic N) is 1. The number of carbonyl (C=O) groups excluding carboxylic acids is 1. The van der Waals surface area contributed by atoms with Crippen molar-refractivity contribution < 1.29 is 19.4 Å². The van der Waals surface area contributed by atoms with Crippen LogP contribution in [0, 0.1) is 0 Å². The lowest BCUT2D eigenvalue weighted by molar-refractivity contribution is -0.139. The van der Waals surface area contributed by atoms with E-state index in [9.17, 15) is 9.59 Å². The van der Waals surface area contributed by atoms with Crippen molar-refractivity contribution in [2.75, 3.05) is 18.5 Å². The Morgan fingerprint density at radius 1 is 1.48 bits per heavy atom. The number of nitrogens with one attached hydrogen (secondary N) is 1. The molecule has 0 fully saturated rings. The molecule has 2 amide bonds. The highest BCUT2D eigenvalue weighted by Gasteiger charge is 2.15. The maximum Gasteiger partial charge on any atom is 0.341 e. The first kappa shape index (κ1) is 16.6. The van der Waals surface area contributed by atoms with E-state index in [-0.39, 0.29) is 12.1 Å². The summed E-state index contributed by atoms with van der Waals surface area (Å²) >= 11 is 0. The third-order valence-electron chi connectivity index (χ3n) is 2.66. The van der Waals surface area contributed by atoms with Crippen molar-refractivity contribution in [3.63, 3.8) is 0 Å². The van der Waals surface area contributed by atoms with Gasteiger partial charge in [-0.3, -0.25) is 0 Å². The maximum absolute atomic E-state index is 12.2. The van der Waals surface area contributed by atoms with Crippen LogP contribution >= 0.6 is 0 Å². The summed E-state index contributed by atoms with van der Waals surface area (Å²) in [6, 6.07) is 6.38. The van der Waals surface area contributed by atoms with Crippen molar-refractivity contribution in [1.29, 1.82) is 0 Å². The van der Waals surface area contributed by atoms with Crippen LogP contribution in [0.4, 0.5) is 10.5 Å². The molecule has 21 heavy (non-hydrogen) atoms. The fourth-order valence-corrected chi connectivity index (χ4v) is 1.67. The molecule has 1 rings (SSSR count). The first-order valence-electron chi connectivity index (χ1n) is 6.57. The molecule has 0 aliphatic heterocycles. The van der Waals surface area contributed by atoms with Crippen LogP contribution in [0.2, 0.25) is 0 Å². The maximum atomic E-state index is 12.2. The minimum absolute atomic E-state index is 0.0365. The van der Waals surface area contributed by atoms with Gasteiger partial charge in [-0.1, -0.05) is 12.1 Å². The Bertz CT molecular complexity index is 514. The molecule has 0 radical (unpaired) electrons. The zero-order chi connectivity index (χ0) is 15.8. The number of amides is 2. The molecule has 0 aromatic heterocycles. The summed E-state index contributed by atoms with van der Waals surface area (Å²) in [5.74, 6) is -0.670. The summed E-state index contributed by atoms with van der Waals surface area (Å²) in [5.41, 5.74) is 0.539. The number of aliphatic carboxylic acids is 1. The summed E-state index contributed by atoms with van der Waals surface area (Å²) in [4.78, 5) is 24.2. The molecule has 2 N–H and O–H groups in total. The predicted molar refractivity (Wildman–Crippen MR) is 80.6 cm³/mol. The van der Waals surface area contributed by atoms with Crippen LogP contribution in [-0.4, -0.2) is 41.2 Å². The molecular formula is C15H20N2O4. The van der Waals surface area contributed by atoms with Crippen LogP contribution in [0.3, 0.4) is 0 Å². The molecule has 0 aliphatic rings. The second-order valence-corrected chi connectivity index (χ2v) is 4.68. The minimum atomic E-state index is -1.05. The standard InChI is InChI=1S/C15H20N2O4/c1-4-8-17(11(2)3)15(20)16-12-6-5-7-13(9-12)21-10-14(18)19/h4-7,9,11H,1,8,10H2,2-3H3,(H,16,20)(H,18,19). The molecule has 0 bridgehead atoms. The number of hydrogen-bond acceptors (Lipinski definition) is 3. The van der Waals surface area contributed by atoms with E-state index in [0.29, 0.717) is 18.0 Å². The first-order chi connectivity index (χ1) is 9.93. The van der Waals surface area contributed by atoms with Gasteiger partial charge in [0, 0.05) is 24.3 Å². The number of benzene rings is 1. The largest absolute Gasteiger partial charge is 0.482 e. The number of carbonyl (C=O) groups is 2. The number of carboxylic acid groups (broad SMARTS) is 1. The second kappa shape index (κ2) is 7.94. The van der Waals surface area contributed by atoms with Crippen LogP contribution in [0.25, 0.3) is 0 Å². The Morgan fingerprint density at radius 2 is 2.19 bits per heavy atom. The van der Waals surface area contributed by atoms with Crippen molar-refractivity contribution in [2.45, 2.75) is 19.9 Å². The van der Waals surface area contributed by atoms with Crippen LogP contribution in [0.15, 0.2) is 36.9 Å². The van der Waals surface area contributed by atoms with Gasteiger partial charge in [0.05, 0.1) is 0 Å². The SMILES string of the molecule is C=CCN(C(=O)Nc1cccc(OCC(=O)O)c1)C(C)C.